The van der Waals surface area contributed by atoms with Crippen LogP contribution in [0.15, 0.2) is 67.0 Å². The largest absolute Gasteiger partial charge is 0.369 e. The van der Waals surface area contributed by atoms with Crippen LogP contribution in [0.3, 0.4) is 0 Å². The fourth-order valence-corrected chi connectivity index (χ4v) is 2.59. The average molecular weight is 346 g/mol. The van der Waals surface area contributed by atoms with Gasteiger partial charge in [0.1, 0.15) is 11.5 Å². The van der Waals surface area contributed by atoms with E-state index in [4.69, 9.17) is 0 Å². The van der Waals surface area contributed by atoms with Gasteiger partial charge in [0.25, 0.3) is 5.91 Å². The Hall–Kier alpha value is -3.21. The molecule has 0 atom stereocenters. The van der Waals surface area contributed by atoms with Crippen LogP contribution in [0.2, 0.25) is 0 Å². The van der Waals surface area contributed by atoms with Gasteiger partial charge in [0.15, 0.2) is 0 Å². The summed E-state index contributed by atoms with van der Waals surface area (Å²) in [5.74, 6) is 0.410. The van der Waals surface area contributed by atoms with Crippen molar-refractivity contribution in [3.05, 3.63) is 83.8 Å². The molecule has 0 aliphatic rings. The first-order valence-electron chi connectivity index (χ1n) is 8.69. The molecular weight excluding hydrogens is 324 g/mol. The zero-order valence-electron chi connectivity index (χ0n) is 14.8. The van der Waals surface area contributed by atoms with Crippen molar-refractivity contribution in [3.8, 4) is 0 Å². The van der Waals surface area contributed by atoms with Gasteiger partial charge in [-0.05, 0) is 37.0 Å². The van der Waals surface area contributed by atoms with Crippen molar-refractivity contribution < 1.29 is 4.79 Å². The lowest BCUT2D eigenvalue weighted by molar-refractivity contribution is 0.102. The third-order valence-corrected chi connectivity index (χ3v) is 4.07. The van der Waals surface area contributed by atoms with Gasteiger partial charge in [-0.15, -0.1) is 0 Å². The second kappa shape index (κ2) is 8.76. The smallest absolute Gasteiger partial charge is 0.275 e. The molecule has 0 spiro atoms. The molecule has 1 aromatic heterocycles. The molecular formula is C21H22N4O. The first-order valence-corrected chi connectivity index (χ1v) is 8.69. The van der Waals surface area contributed by atoms with Crippen molar-refractivity contribution in [2.45, 2.75) is 19.8 Å². The van der Waals surface area contributed by atoms with Crippen LogP contribution in [0.5, 0.6) is 0 Å². The Balaban J connectivity index is 1.48. The SMILES string of the molecule is Cc1ccccc1NC(=O)c1cnc(NCCCc2ccccc2)cn1. The quantitative estimate of drug-likeness (QED) is 0.633. The maximum absolute atomic E-state index is 12.3. The first-order chi connectivity index (χ1) is 12.7. The molecule has 0 aliphatic heterocycles. The summed E-state index contributed by atoms with van der Waals surface area (Å²) < 4.78 is 0. The molecule has 5 heteroatoms. The first kappa shape index (κ1) is 17.6. The predicted octanol–water partition coefficient (Wildman–Crippen LogP) is 4.08. The lowest BCUT2D eigenvalue weighted by Gasteiger charge is -2.08. The van der Waals surface area contributed by atoms with Crippen LogP contribution >= 0.6 is 0 Å². The van der Waals surface area contributed by atoms with Crippen molar-refractivity contribution in [1.29, 1.82) is 0 Å². The Labute approximate surface area is 153 Å². The standard InChI is InChI=1S/C21H22N4O/c1-16-8-5-6-12-18(16)25-21(26)19-14-24-20(15-23-19)22-13-7-11-17-9-3-2-4-10-17/h2-6,8-10,12,14-15H,7,11,13H2,1H3,(H,22,24)(H,25,26). The Morgan fingerprint density at radius 2 is 1.73 bits per heavy atom. The molecule has 1 amide bonds. The molecule has 0 saturated carbocycles. The highest BCUT2D eigenvalue weighted by Crippen LogP contribution is 2.14. The van der Waals surface area contributed by atoms with E-state index >= 15 is 0 Å². The zero-order valence-corrected chi connectivity index (χ0v) is 14.8. The van der Waals surface area contributed by atoms with Gasteiger partial charge in [0, 0.05) is 12.2 Å². The maximum atomic E-state index is 12.3. The number of para-hydroxylation sites is 1. The number of amides is 1. The Kier molecular flexibility index (Phi) is 5.93. The fraction of sp³-hybridized carbons (Fsp3) is 0.190. The van der Waals surface area contributed by atoms with Gasteiger partial charge >= 0.3 is 0 Å². The molecule has 3 rings (SSSR count). The highest BCUT2D eigenvalue weighted by atomic mass is 16.1. The van der Waals surface area contributed by atoms with Crippen LogP contribution in [0.25, 0.3) is 0 Å². The van der Waals surface area contributed by atoms with Crippen LogP contribution in [-0.2, 0) is 6.42 Å². The molecule has 1 heterocycles. The third kappa shape index (κ3) is 4.89. The van der Waals surface area contributed by atoms with Crippen LogP contribution in [0.1, 0.15) is 28.0 Å². The summed E-state index contributed by atoms with van der Waals surface area (Å²) in [5, 5.41) is 6.09. The predicted molar refractivity (Wildman–Crippen MR) is 104 cm³/mol. The van der Waals surface area contributed by atoms with Crippen LogP contribution in [-0.4, -0.2) is 22.4 Å². The fourth-order valence-electron chi connectivity index (χ4n) is 2.59. The van der Waals surface area contributed by atoms with Crippen molar-refractivity contribution in [2.75, 3.05) is 17.2 Å². The molecule has 26 heavy (non-hydrogen) atoms. The number of carbonyl (C=O) groups is 1. The molecule has 0 aliphatic carbocycles. The maximum Gasteiger partial charge on any atom is 0.275 e. The Morgan fingerprint density at radius 3 is 2.46 bits per heavy atom. The molecule has 0 saturated heterocycles. The number of benzene rings is 2. The summed E-state index contributed by atoms with van der Waals surface area (Å²) >= 11 is 0. The Morgan fingerprint density at radius 1 is 0.962 bits per heavy atom. The van der Waals surface area contributed by atoms with E-state index in [0.29, 0.717) is 11.5 Å². The monoisotopic (exact) mass is 346 g/mol. The van der Waals surface area contributed by atoms with Crippen LogP contribution in [0, 0.1) is 6.92 Å². The lowest BCUT2D eigenvalue weighted by atomic mass is 10.1. The third-order valence-electron chi connectivity index (χ3n) is 4.07. The van der Waals surface area contributed by atoms with E-state index in [9.17, 15) is 4.79 Å². The highest BCUT2D eigenvalue weighted by Gasteiger charge is 2.09. The number of aryl methyl sites for hydroxylation is 2. The highest BCUT2D eigenvalue weighted by molar-refractivity contribution is 6.03. The van der Waals surface area contributed by atoms with E-state index in [-0.39, 0.29) is 5.91 Å². The summed E-state index contributed by atoms with van der Waals surface area (Å²) in [6.45, 7) is 2.75. The Bertz CT molecular complexity index is 847. The summed E-state index contributed by atoms with van der Waals surface area (Å²) in [5.41, 5.74) is 3.40. The van der Waals surface area contributed by atoms with E-state index < -0.39 is 0 Å². The number of nitrogens with zero attached hydrogens (tertiary/aromatic N) is 2. The normalized spacial score (nSPS) is 10.3. The second-order valence-electron chi connectivity index (χ2n) is 6.07. The molecule has 0 fully saturated rings. The van der Waals surface area contributed by atoms with E-state index in [1.165, 1.54) is 11.8 Å². The lowest BCUT2D eigenvalue weighted by Crippen LogP contribution is -2.15. The summed E-state index contributed by atoms with van der Waals surface area (Å²) in [7, 11) is 0. The van der Waals surface area contributed by atoms with E-state index in [1.54, 1.807) is 6.20 Å². The average Bonchev–Trinajstić information content (AvgIpc) is 2.68. The van der Waals surface area contributed by atoms with Crippen molar-refractivity contribution in [2.24, 2.45) is 0 Å². The second-order valence-corrected chi connectivity index (χ2v) is 6.07. The van der Waals surface area contributed by atoms with Gasteiger partial charge in [-0.3, -0.25) is 4.79 Å². The van der Waals surface area contributed by atoms with Gasteiger partial charge < -0.3 is 10.6 Å². The molecule has 5 nitrogen and oxygen atoms in total. The minimum Gasteiger partial charge on any atom is -0.369 e. The topological polar surface area (TPSA) is 66.9 Å². The minimum absolute atomic E-state index is 0.262. The molecule has 0 bridgehead atoms. The zero-order chi connectivity index (χ0) is 18.2. The van der Waals surface area contributed by atoms with Crippen molar-refractivity contribution >= 4 is 17.4 Å². The minimum atomic E-state index is -0.262. The van der Waals surface area contributed by atoms with Crippen molar-refractivity contribution in [3.63, 3.8) is 0 Å². The molecule has 2 aromatic carbocycles. The summed E-state index contributed by atoms with van der Waals surface area (Å²) in [6, 6.07) is 18.0. The molecule has 2 N–H and O–H groups in total. The van der Waals surface area contributed by atoms with Crippen LogP contribution in [0.4, 0.5) is 11.5 Å². The van der Waals surface area contributed by atoms with Gasteiger partial charge in [-0.1, -0.05) is 48.5 Å². The van der Waals surface area contributed by atoms with Crippen molar-refractivity contribution in [1.82, 2.24) is 9.97 Å². The van der Waals surface area contributed by atoms with Gasteiger partial charge in [-0.2, -0.15) is 0 Å². The number of nitrogens with one attached hydrogen (secondary N) is 2. The van der Waals surface area contributed by atoms with E-state index in [1.807, 2.05) is 37.3 Å². The van der Waals surface area contributed by atoms with Crippen LogP contribution < -0.4 is 10.6 Å². The number of hydrogen-bond donors (Lipinski definition) is 2. The van der Waals surface area contributed by atoms with E-state index in [2.05, 4.69) is 44.9 Å². The van der Waals surface area contributed by atoms with E-state index in [0.717, 1.165) is 30.6 Å². The van der Waals surface area contributed by atoms with Gasteiger partial charge in [-0.25, -0.2) is 9.97 Å². The number of aromatic nitrogens is 2. The number of hydrogen-bond acceptors (Lipinski definition) is 4. The summed E-state index contributed by atoms with van der Waals surface area (Å²) in [6.07, 6.45) is 5.10. The summed E-state index contributed by atoms with van der Waals surface area (Å²) in [4.78, 5) is 20.7. The number of anilines is 2. The number of rotatable bonds is 7. The molecule has 0 unspecified atom stereocenters. The van der Waals surface area contributed by atoms with Gasteiger partial charge in [0.2, 0.25) is 0 Å². The van der Waals surface area contributed by atoms with Gasteiger partial charge in [0.05, 0.1) is 12.4 Å². The molecule has 0 radical (unpaired) electrons. The molecule has 3 aromatic rings. The molecule has 132 valence electrons. The number of carbonyl (C=O) groups excluding carboxylic acids is 1.